The Kier molecular flexibility index (Phi) is 14.4. The molecule has 0 aliphatic carbocycles. The lowest BCUT2D eigenvalue weighted by Gasteiger charge is -2.32. The van der Waals surface area contributed by atoms with Crippen LogP contribution in [-0.2, 0) is 0 Å². The molecule has 0 amide bonds. The van der Waals surface area contributed by atoms with Crippen LogP contribution in [-0.4, -0.2) is 85.5 Å². The molecular formula is C29H16N12O28. The number of non-ortho nitro benzene ring substituents is 4. The van der Waals surface area contributed by atoms with Gasteiger partial charge in [0.1, 0.15) is 31.8 Å². The topological polar surface area (TPSA) is 555 Å². The summed E-state index contributed by atoms with van der Waals surface area (Å²) in [6.07, 6.45) is 0. The van der Waals surface area contributed by atoms with Crippen LogP contribution in [0.1, 0.15) is 0 Å². The molecule has 0 radical (unpaired) electrons. The minimum atomic E-state index is -3.10. The van der Waals surface area contributed by atoms with Crippen molar-refractivity contribution in [2.45, 2.75) is 0 Å². The van der Waals surface area contributed by atoms with Crippen LogP contribution >= 0.6 is 0 Å². The van der Waals surface area contributed by atoms with Crippen molar-refractivity contribution in [1.29, 1.82) is 0 Å². The number of hydrogen-bond donors (Lipinski definition) is 0. The molecule has 4 aromatic carbocycles. The lowest BCUT2D eigenvalue weighted by Crippen LogP contribution is -2.45. The van der Waals surface area contributed by atoms with Crippen LogP contribution in [0.5, 0.6) is 23.0 Å². The molecular weight excluding hydrogens is 964 g/mol. The fourth-order valence-corrected chi connectivity index (χ4v) is 5.59. The zero-order valence-electron chi connectivity index (χ0n) is 32.7. The van der Waals surface area contributed by atoms with E-state index >= 15 is 0 Å². The molecule has 0 bridgehead atoms. The smallest absolute Gasteiger partial charge is 0.325 e. The highest BCUT2D eigenvalue weighted by Gasteiger charge is 2.45. The molecule has 360 valence electrons. The Balaban J connectivity index is 2.16. The van der Waals surface area contributed by atoms with Gasteiger partial charge in [0.15, 0.2) is 0 Å². The summed E-state index contributed by atoms with van der Waals surface area (Å²) in [5.41, 5.74) is -21.6. The number of rotatable bonds is 24. The van der Waals surface area contributed by atoms with Crippen molar-refractivity contribution in [3.8, 4) is 23.0 Å². The van der Waals surface area contributed by atoms with Gasteiger partial charge >= 0.3 is 45.5 Å². The number of hydrogen-bond acceptors (Lipinski definition) is 28. The minimum Gasteiger partial charge on any atom is -0.481 e. The van der Waals surface area contributed by atoms with Crippen LogP contribution in [0.2, 0.25) is 0 Å². The number of nitro groups is 12. The van der Waals surface area contributed by atoms with Crippen molar-refractivity contribution in [1.82, 2.24) is 0 Å². The normalized spacial score (nSPS) is 10.8. The van der Waals surface area contributed by atoms with Gasteiger partial charge in [-0.25, -0.2) is 0 Å². The van der Waals surface area contributed by atoms with Crippen molar-refractivity contribution >= 4 is 68.2 Å². The van der Waals surface area contributed by atoms with E-state index < -0.39 is 182 Å². The molecule has 0 N–H and O–H groups in total. The molecule has 0 spiro atoms. The quantitative estimate of drug-likeness (QED) is 0.0644. The molecule has 0 saturated carbocycles. The molecule has 0 aliphatic rings. The summed E-state index contributed by atoms with van der Waals surface area (Å²) >= 11 is 0. The molecule has 0 unspecified atom stereocenters. The third kappa shape index (κ3) is 11.0. The molecule has 0 fully saturated rings. The van der Waals surface area contributed by atoms with Gasteiger partial charge in [-0.05, 0) is 0 Å². The van der Waals surface area contributed by atoms with Crippen molar-refractivity contribution in [2.75, 3.05) is 26.4 Å². The average molecular weight is 981 g/mol. The molecule has 0 heterocycles. The van der Waals surface area contributed by atoms with Gasteiger partial charge in [0.2, 0.25) is 0 Å². The maximum Gasteiger partial charge on any atom is 0.325 e. The fraction of sp³-hybridized carbons (Fsp3) is 0.172. The van der Waals surface area contributed by atoms with Crippen LogP contribution in [0.15, 0.2) is 48.5 Å². The largest absolute Gasteiger partial charge is 0.481 e. The Morgan fingerprint density at radius 2 is 0.391 bits per heavy atom. The van der Waals surface area contributed by atoms with Crippen LogP contribution < -0.4 is 18.9 Å². The van der Waals surface area contributed by atoms with Gasteiger partial charge < -0.3 is 18.9 Å². The van der Waals surface area contributed by atoms with E-state index in [4.69, 9.17) is 18.9 Å². The molecule has 4 aromatic rings. The molecule has 69 heavy (non-hydrogen) atoms. The van der Waals surface area contributed by atoms with E-state index in [1.807, 2.05) is 0 Å². The first-order valence-corrected chi connectivity index (χ1v) is 17.1. The van der Waals surface area contributed by atoms with E-state index in [2.05, 4.69) is 0 Å². The number of nitro benzene ring substituents is 12. The summed E-state index contributed by atoms with van der Waals surface area (Å²) in [7, 11) is 0. The number of benzene rings is 4. The van der Waals surface area contributed by atoms with Gasteiger partial charge in [-0.15, -0.1) is 0 Å². The molecule has 0 saturated heterocycles. The number of ether oxygens (including phenoxy) is 4. The van der Waals surface area contributed by atoms with Gasteiger partial charge in [-0.2, -0.15) is 0 Å². The fourth-order valence-electron chi connectivity index (χ4n) is 5.59. The maximum atomic E-state index is 12.1. The highest BCUT2D eigenvalue weighted by molar-refractivity contribution is 5.68. The highest BCUT2D eigenvalue weighted by Crippen LogP contribution is 2.47. The zero-order chi connectivity index (χ0) is 52.0. The van der Waals surface area contributed by atoms with Crippen molar-refractivity contribution in [3.05, 3.63) is 170 Å². The summed E-state index contributed by atoms with van der Waals surface area (Å²) in [6.45, 7) is -7.15. The highest BCUT2D eigenvalue weighted by atomic mass is 16.7. The first-order chi connectivity index (χ1) is 32.1. The van der Waals surface area contributed by atoms with Gasteiger partial charge in [-0.1, -0.05) is 0 Å². The van der Waals surface area contributed by atoms with Crippen molar-refractivity contribution in [2.24, 2.45) is 5.41 Å². The Hall–Kier alpha value is -11.1. The predicted octanol–water partition coefficient (Wildman–Crippen LogP) is 5.19. The standard InChI is InChI=1S/C29H16N12O28/c42-30(43)13-1-17(34(50)51)25(18(2-13)35(52)53)66-9-29(10-67-26-19(36(54)55)3-14(31(44)45)4-20(26)37(56)57,11-68-27-21(38(58)59)5-15(32(46)47)6-22(27)39(60)61)12-69-28-23(40(62)63)7-16(33(48)49)8-24(28)41(64)65/h1-8H,9-12H2. The van der Waals surface area contributed by atoms with E-state index in [1.165, 1.54) is 0 Å². The minimum absolute atomic E-state index is 0.0737. The molecule has 40 nitrogen and oxygen atoms in total. The summed E-state index contributed by atoms with van der Waals surface area (Å²) in [6, 6.07) is 0.590. The van der Waals surface area contributed by atoms with Gasteiger partial charge in [0.05, 0.1) is 108 Å². The van der Waals surface area contributed by atoms with Crippen LogP contribution in [0.3, 0.4) is 0 Å². The Morgan fingerprint density at radius 1 is 0.261 bits per heavy atom. The van der Waals surface area contributed by atoms with Gasteiger partial charge in [0, 0.05) is 0 Å². The monoisotopic (exact) mass is 980 g/mol. The number of nitrogens with zero attached hydrogens (tertiary/aromatic N) is 12. The Morgan fingerprint density at radius 3 is 0.493 bits per heavy atom. The second-order valence-corrected chi connectivity index (χ2v) is 13.0. The van der Waals surface area contributed by atoms with Crippen molar-refractivity contribution < 1.29 is 78.0 Å². The Bertz CT molecular complexity index is 2440. The molecule has 40 heteroatoms. The molecule has 4 rings (SSSR count). The molecule has 0 aromatic heterocycles. The van der Waals surface area contributed by atoms with E-state index in [0.29, 0.717) is 0 Å². The summed E-state index contributed by atoms with van der Waals surface area (Å²) in [5, 5.41) is 143. The van der Waals surface area contributed by atoms with Crippen LogP contribution in [0.25, 0.3) is 0 Å². The third-order valence-corrected chi connectivity index (χ3v) is 8.65. The van der Waals surface area contributed by atoms with E-state index in [0.717, 1.165) is 0 Å². The summed E-state index contributed by atoms with van der Waals surface area (Å²) in [5.74, 6) is -6.36. The van der Waals surface area contributed by atoms with Crippen LogP contribution in [0.4, 0.5) is 68.2 Å². The zero-order valence-corrected chi connectivity index (χ0v) is 32.7. The van der Waals surface area contributed by atoms with E-state index in [9.17, 15) is 121 Å². The second-order valence-electron chi connectivity index (χ2n) is 13.0. The first kappa shape index (κ1) is 50.5. The van der Waals surface area contributed by atoms with Crippen LogP contribution in [0, 0.1) is 127 Å². The summed E-state index contributed by atoms with van der Waals surface area (Å²) in [4.78, 5) is 126. The lowest BCUT2D eigenvalue weighted by molar-refractivity contribution is -0.404. The molecule has 0 atom stereocenters. The third-order valence-electron chi connectivity index (χ3n) is 8.65. The average Bonchev–Trinajstić information content (AvgIpc) is 3.26. The SMILES string of the molecule is O=[N+]([O-])c1cc([N+](=O)[O-])c(OCC(COc2c([N+](=O)[O-])cc([N+](=O)[O-])cc2[N+](=O)[O-])(COc2c([N+](=O)[O-])cc([N+](=O)[O-])cc2[N+](=O)[O-])COc2c([N+](=O)[O-])cc([N+](=O)[O-])cc2[N+](=O)[O-])c([N+](=O)[O-])c1. The van der Waals surface area contributed by atoms with E-state index in [1.54, 1.807) is 0 Å². The molecule has 0 aliphatic heterocycles. The van der Waals surface area contributed by atoms with E-state index in [-0.39, 0.29) is 48.5 Å². The summed E-state index contributed by atoms with van der Waals surface area (Å²) < 4.78 is 21.4. The Labute approximate surface area is 371 Å². The maximum absolute atomic E-state index is 12.1. The lowest BCUT2D eigenvalue weighted by atomic mass is 9.91. The first-order valence-electron chi connectivity index (χ1n) is 17.1. The van der Waals surface area contributed by atoms with Gasteiger partial charge in [0.25, 0.3) is 45.7 Å². The van der Waals surface area contributed by atoms with Crippen molar-refractivity contribution in [3.63, 3.8) is 0 Å². The second kappa shape index (κ2) is 19.7. The van der Waals surface area contributed by atoms with Gasteiger partial charge in [-0.3, -0.25) is 121 Å². The predicted molar refractivity (Wildman–Crippen MR) is 210 cm³/mol.